The lowest BCUT2D eigenvalue weighted by Crippen LogP contribution is -2.33. The predicted octanol–water partition coefficient (Wildman–Crippen LogP) is 1.35. The number of carbonyl (C=O) groups excluding carboxylic acids is 1. The number of pyridine rings is 1. The van der Waals surface area contributed by atoms with E-state index < -0.39 is 11.2 Å². The van der Waals surface area contributed by atoms with E-state index in [-0.39, 0.29) is 24.9 Å². The lowest BCUT2D eigenvalue weighted by molar-refractivity contribution is -0.121. The minimum atomic E-state index is -0.515. The molecular weight excluding hydrogens is 320 g/mol. The molecule has 3 aromatic rings. The number of aromatic amines is 1. The Morgan fingerprint density at radius 2 is 1.92 bits per heavy atom. The number of aryl methyl sites for hydroxylation is 1. The third kappa shape index (κ3) is 3.65. The van der Waals surface area contributed by atoms with Crippen LogP contribution in [0.15, 0.2) is 58.4 Å². The van der Waals surface area contributed by atoms with Gasteiger partial charge in [0.2, 0.25) is 5.91 Å². The Morgan fingerprint density at radius 1 is 1.20 bits per heavy atom. The molecule has 0 radical (unpaired) electrons. The molecular formula is C18H18N4O3. The van der Waals surface area contributed by atoms with Crippen LogP contribution in [0.25, 0.3) is 10.9 Å². The molecule has 3 rings (SSSR count). The number of nitrogens with zero attached hydrogens (tertiary/aromatic N) is 2. The van der Waals surface area contributed by atoms with Crippen LogP contribution < -0.4 is 16.6 Å². The Bertz CT molecular complexity index is 1010. The van der Waals surface area contributed by atoms with Crippen LogP contribution in [-0.2, 0) is 11.3 Å². The Morgan fingerprint density at radius 3 is 2.68 bits per heavy atom. The first-order valence-electron chi connectivity index (χ1n) is 7.97. The highest BCUT2D eigenvalue weighted by Crippen LogP contribution is 2.11. The molecule has 0 aliphatic carbocycles. The number of nitrogens with one attached hydrogen (secondary N) is 2. The zero-order valence-electron chi connectivity index (χ0n) is 13.7. The van der Waals surface area contributed by atoms with Gasteiger partial charge in [-0.1, -0.05) is 12.1 Å². The van der Waals surface area contributed by atoms with Crippen molar-refractivity contribution < 1.29 is 4.79 Å². The van der Waals surface area contributed by atoms with Gasteiger partial charge >= 0.3 is 5.69 Å². The zero-order valence-corrected chi connectivity index (χ0v) is 13.7. The van der Waals surface area contributed by atoms with Crippen molar-refractivity contribution >= 4 is 16.8 Å². The maximum atomic E-state index is 12.2. The van der Waals surface area contributed by atoms with E-state index in [4.69, 9.17) is 0 Å². The van der Waals surface area contributed by atoms with Gasteiger partial charge in [0.1, 0.15) is 0 Å². The molecule has 25 heavy (non-hydrogen) atoms. The molecule has 1 atom stereocenters. The lowest BCUT2D eigenvalue weighted by Gasteiger charge is -2.15. The standard InChI is InChI=1S/C18H18N4O3/c1-12(13-6-9-19-10-7-13)20-16(23)8-11-22-15-5-3-2-4-14(15)17(24)21-18(22)25/h2-7,9-10,12H,8,11H2,1H3,(H,20,23)(H,21,24,25). The molecule has 7 nitrogen and oxygen atoms in total. The van der Waals surface area contributed by atoms with Crippen LogP contribution in [-0.4, -0.2) is 20.4 Å². The van der Waals surface area contributed by atoms with Gasteiger partial charge in [0, 0.05) is 25.4 Å². The first-order valence-corrected chi connectivity index (χ1v) is 7.97. The lowest BCUT2D eigenvalue weighted by atomic mass is 10.1. The minimum Gasteiger partial charge on any atom is -0.350 e. The Kier molecular flexibility index (Phi) is 4.74. The normalized spacial score (nSPS) is 12.0. The third-order valence-electron chi connectivity index (χ3n) is 4.05. The van der Waals surface area contributed by atoms with Gasteiger partial charge in [0.15, 0.2) is 0 Å². The van der Waals surface area contributed by atoms with Gasteiger partial charge in [-0.3, -0.25) is 24.1 Å². The van der Waals surface area contributed by atoms with Gasteiger partial charge in [0.25, 0.3) is 5.56 Å². The van der Waals surface area contributed by atoms with Crippen LogP contribution in [0, 0.1) is 0 Å². The third-order valence-corrected chi connectivity index (χ3v) is 4.05. The van der Waals surface area contributed by atoms with Gasteiger partial charge in [-0.05, 0) is 36.8 Å². The molecule has 1 aromatic carbocycles. The van der Waals surface area contributed by atoms with Crippen molar-refractivity contribution in [3.05, 3.63) is 75.2 Å². The summed E-state index contributed by atoms with van der Waals surface area (Å²) in [5.41, 5.74) is 0.535. The molecule has 2 aromatic heterocycles. The molecule has 2 heterocycles. The van der Waals surface area contributed by atoms with Crippen molar-refractivity contribution in [2.24, 2.45) is 0 Å². The van der Waals surface area contributed by atoms with Crippen molar-refractivity contribution in [2.45, 2.75) is 25.9 Å². The summed E-state index contributed by atoms with van der Waals surface area (Å²) in [6.07, 6.45) is 3.47. The summed E-state index contributed by atoms with van der Waals surface area (Å²) >= 11 is 0. The first kappa shape index (κ1) is 16.6. The second-order valence-electron chi connectivity index (χ2n) is 5.75. The fourth-order valence-electron chi connectivity index (χ4n) is 2.73. The van der Waals surface area contributed by atoms with Crippen LogP contribution in [0.4, 0.5) is 0 Å². The average Bonchev–Trinajstić information content (AvgIpc) is 2.62. The van der Waals surface area contributed by atoms with Gasteiger partial charge in [-0.15, -0.1) is 0 Å². The molecule has 2 N–H and O–H groups in total. The summed E-state index contributed by atoms with van der Waals surface area (Å²) in [5, 5.41) is 3.32. The number of aromatic nitrogens is 3. The average molecular weight is 338 g/mol. The number of rotatable bonds is 5. The summed E-state index contributed by atoms with van der Waals surface area (Å²) in [7, 11) is 0. The van der Waals surface area contributed by atoms with Crippen molar-refractivity contribution in [3.8, 4) is 0 Å². The van der Waals surface area contributed by atoms with Gasteiger partial charge in [-0.25, -0.2) is 4.79 Å². The van der Waals surface area contributed by atoms with Crippen molar-refractivity contribution in [1.82, 2.24) is 19.9 Å². The second kappa shape index (κ2) is 7.12. The number of hydrogen-bond donors (Lipinski definition) is 2. The predicted molar refractivity (Wildman–Crippen MR) is 94.2 cm³/mol. The Balaban J connectivity index is 1.74. The maximum absolute atomic E-state index is 12.2. The topological polar surface area (TPSA) is 96.9 Å². The number of amides is 1. The molecule has 0 fully saturated rings. The second-order valence-corrected chi connectivity index (χ2v) is 5.75. The van der Waals surface area contributed by atoms with Gasteiger partial charge in [0.05, 0.1) is 16.9 Å². The number of hydrogen-bond acceptors (Lipinski definition) is 4. The summed E-state index contributed by atoms with van der Waals surface area (Å²) in [4.78, 5) is 42.4. The van der Waals surface area contributed by atoms with E-state index in [2.05, 4.69) is 15.3 Å². The van der Waals surface area contributed by atoms with E-state index in [9.17, 15) is 14.4 Å². The molecule has 0 saturated heterocycles. The number of carbonyl (C=O) groups is 1. The number of H-pyrrole nitrogens is 1. The van der Waals surface area contributed by atoms with Crippen LogP contribution in [0.3, 0.4) is 0 Å². The molecule has 0 saturated carbocycles. The van der Waals surface area contributed by atoms with Crippen LogP contribution in [0.1, 0.15) is 24.9 Å². The number of para-hydroxylation sites is 1. The number of benzene rings is 1. The van der Waals surface area contributed by atoms with Gasteiger partial charge in [-0.2, -0.15) is 0 Å². The largest absolute Gasteiger partial charge is 0.350 e. The van der Waals surface area contributed by atoms with E-state index in [1.807, 2.05) is 19.1 Å². The van der Waals surface area contributed by atoms with E-state index in [0.717, 1.165) is 5.56 Å². The van der Waals surface area contributed by atoms with E-state index >= 15 is 0 Å². The minimum absolute atomic E-state index is 0.130. The smallest absolute Gasteiger partial charge is 0.328 e. The molecule has 1 unspecified atom stereocenters. The molecule has 1 amide bonds. The summed E-state index contributed by atoms with van der Waals surface area (Å²) < 4.78 is 1.41. The Labute approximate surface area is 143 Å². The highest BCUT2D eigenvalue weighted by molar-refractivity contribution is 5.79. The monoisotopic (exact) mass is 338 g/mol. The fraction of sp³-hybridized carbons (Fsp3) is 0.222. The Hall–Kier alpha value is -3.22. The van der Waals surface area contributed by atoms with Crippen LogP contribution >= 0.6 is 0 Å². The van der Waals surface area contributed by atoms with E-state index in [1.54, 1.807) is 36.7 Å². The van der Waals surface area contributed by atoms with E-state index in [1.165, 1.54) is 4.57 Å². The fourth-order valence-corrected chi connectivity index (χ4v) is 2.73. The maximum Gasteiger partial charge on any atom is 0.328 e. The van der Waals surface area contributed by atoms with Crippen LogP contribution in [0.2, 0.25) is 0 Å². The highest BCUT2D eigenvalue weighted by atomic mass is 16.2. The summed E-state index contributed by atoms with van der Waals surface area (Å²) in [6, 6.07) is 10.4. The quantitative estimate of drug-likeness (QED) is 0.734. The molecule has 0 bridgehead atoms. The summed E-state index contributed by atoms with van der Waals surface area (Å²) in [5.74, 6) is -0.175. The molecule has 7 heteroatoms. The van der Waals surface area contributed by atoms with Crippen molar-refractivity contribution in [2.75, 3.05) is 0 Å². The molecule has 0 spiro atoms. The van der Waals surface area contributed by atoms with Crippen molar-refractivity contribution in [1.29, 1.82) is 0 Å². The van der Waals surface area contributed by atoms with E-state index in [0.29, 0.717) is 10.9 Å². The molecule has 0 aliphatic rings. The van der Waals surface area contributed by atoms with Crippen LogP contribution in [0.5, 0.6) is 0 Å². The highest BCUT2D eigenvalue weighted by Gasteiger charge is 2.11. The molecule has 0 aliphatic heterocycles. The number of fused-ring (bicyclic) bond motifs is 1. The van der Waals surface area contributed by atoms with Gasteiger partial charge < -0.3 is 5.32 Å². The molecule has 128 valence electrons. The van der Waals surface area contributed by atoms with Crippen molar-refractivity contribution in [3.63, 3.8) is 0 Å². The SMILES string of the molecule is CC(NC(=O)CCn1c(=O)[nH]c(=O)c2ccccc21)c1ccncc1. The zero-order chi connectivity index (χ0) is 17.8. The first-order chi connectivity index (χ1) is 12.1. The summed E-state index contributed by atoms with van der Waals surface area (Å²) in [6.45, 7) is 2.07.